The van der Waals surface area contributed by atoms with Crippen molar-refractivity contribution in [3.8, 4) is 0 Å². The van der Waals surface area contributed by atoms with E-state index in [0.29, 0.717) is 12.3 Å². The van der Waals surface area contributed by atoms with Gasteiger partial charge in [0.2, 0.25) is 0 Å². The van der Waals surface area contributed by atoms with Crippen LogP contribution < -0.4 is 5.32 Å². The van der Waals surface area contributed by atoms with E-state index in [9.17, 15) is 9.18 Å². The van der Waals surface area contributed by atoms with Gasteiger partial charge in [0.15, 0.2) is 0 Å². The van der Waals surface area contributed by atoms with Crippen molar-refractivity contribution >= 4 is 11.7 Å². The molecule has 0 spiro atoms. The molecule has 1 unspecified atom stereocenters. The molecule has 1 aromatic rings. The predicted molar refractivity (Wildman–Crippen MR) is 67.3 cm³/mol. The summed E-state index contributed by atoms with van der Waals surface area (Å²) in [5.74, 6) is -1.04. The molecule has 0 bridgehead atoms. The largest absolute Gasteiger partial charge is 0.465 e. The molecule has 0 amide bonds. The number of nitrogens with one attached hydrogen (secondary N) is 1. The molecule has 0 radical (unpaired) electrons. The normalized spacial score (nSPS) is 12.0. The number of benzene rings is 1. The summed E-state index contributed by atoms with van der Waals surface area (Å²) in [4.78, 5) is 11.6. The number of methoxy groups -OCH3 is 2. The van der Waals surface area contributed by atoms with Crippen LogP contribution in [0.2, 0.25) is 0 Å². The summed E-state index contributed by atoms with van der Waals surface area (Å²) in [6.45, 7) is 2.51. The Bertz CT molecular complexity index is 409. The van der Waals surface area contributed by atoms with Gasteiger partial charge in [0.25, 0.3) is 0 Å². The number of carbonyl (C=O) groups excluding carboxylic acids is 1. The van der Waals surface area contributed by atoms with Crippen LogP contribution in [0.25, 0.3) is 0 Å². The van der Waals surface area contributed by atoms with Crippen molar-refractivity contribution in [3.63, 3.8) is 0 Å². The van der Waals surface area contributed by atoms with Crippen LogP contribution in [0.5, 0.6) is 0 Å². The van der Waals surface area contributed by atoms with Gasteiger partial charge < -0.3 is 14.8 Å². The molecule has 1 rings (SSSR count). The third-order valence-electron chi connectivity index (χ3n) is 2.61. The highest BCUT2D eigenvalue weighted by Crippen LogP contribution is 2.19. The number of esters is 1. The number of anilines is 1. The van der Waals surface area contributed by atoms with E-state index in [4.69, 9.17) is 4.74 Å². The molecule has 1 atom stereocenters. The van der Waals surface area contributed by atoms with Crippen molar-refractivity contribution in [1.82, 2.24) is 0 Å². The first-order chi connectivity index (χ1) is 8.62. The lowest BCUT2D eigenvalue weighted by molar-refractivity contribution is 0.0601. The van der Waals surface area contributed by atoms with Gasteiger partial charge in [-0.1, -0.05) is 6.92 Å². The summed E-state index contributed by atoms with van der Waals surface area (Å²) >= 11 is 0. The lowest BCUT2D eigenvalue weighted by Gasteiger charge is -2.19. The summed E-state index contributed by atoms with van der Waals surface area (Å²) in [5, 5.41) is 3.15. The van der Waals surface area contributed by atoms with Crippen molar-refractivity contribution in [3.05, 3.63) is 29.6 Å². The summed E-state index contributed by atoms with van der Waals surface area (Å²) < 4.78 is 22.8. The van der Waals surface area contributed by atoms with Gasteiger partial charge >= 0.3 is 5.97 Å². The second kappa shape index (κ2) is 6.96. The quantitative estimate of drug-likeness (QED) is 0.793. The van der Waals surface area contributed by atoms with Crippen LogP contribution in [-0.2, 0) is 9.47 Å². The zero-order valence-electron chi connectivity index (χ0n) is 10.8. The molecule has 18 heavy (non-hydrogen) atoms. The molecule has 0 heterocycles. The number of rotatable bonds is 6. The number of hydrogen-bond acceptors (Lipinski definition) is 4. The Hall–Kier alpha value is -1.62. The van der Waals surface area contributed by atoms with E-state index in [2.05, 4.69) is 10.1 Å². The Morgan fingerprint density at radius 3 is 2.72 bits per heavy atom. The maximum absolute atomic E-state index is 13.2. The first-order valence-electron chi connectivity index (χ1n) is 5.75. The number of halogens is 1. The molecule has 1 aromatic carbocycles. The highest BCUT2D eigenvalue weighted by Gasteiger charge is 2.15. The molecular weight excluding hydrogens is 237 g/mol. The van der Waals surface area contributed by atoms with Crippen molar-refractivity contribution in [2.45, 2.75) is 19.4 Å². The molecule has 0 saturated heterocycles. The summed E-state index contributed by atoms with van der Waals surface area (Å²) in [5.41, 5.74) is 0.735. The van der Waals surface area contributed by atoms with Crippen LogP contribution in [0, 0.1) is 5.82 Å². The highest BCUT2D eigenvalue weighted by molar-refractivity contribution is 5.95. The van der Waals surface area contributed by atoms with E-state index in [1.54, 1.807) is 7.11 Å². The molecule has 0 aromatic heterocycles. The first kappa shape index (κ1) is 14.4. The van der Waals surface area contributed by atoms with Gasteiger partial charge in [-0.05, 0) is 24.6 Å². The molecule has 1 N–H and O–H groups in total. The van der Waals surface area contributed by atoms with Gasteiger partial charge in [-0.25, -0.2) is 9.18 Å². The molecule has 0 saturated carbocycles. The van der Waals surface area contributed by atoms with Crippen LogP contribution >= 0.6 is 0 Å². The Kier molecular flexibility index (Phi) is 5.58. The van der Waals surface area contributed by atoms with E-state index in [0.717, 1.165) is 12.5 Å². The third-order valence-corrected chi connectivity index (χ3v) is 2.61. The number of ether oxygens (including phenoxy) is 2. The van der Waals surface area contributed by atoms with Crippen LogP contribution in [-0.4, -0.2) is 32.8 Å². The van der Waals surface area contributed by atoms with Gasteiger partial charge in [0, 0.05) is 18.8 Å². The lowest BCUT2D eigenvalue weighted by atomic mass is 10.1. The van der Waals surface area contributed by atoms with Gasteiger partial charge in [-0.2, -0.15) is 0 Å². The fourth-order valence-electron chi connectivity index (χ4n) is 1.60. The standard InChI is InChI=1S/C13H18FNO3/c1-4-10(8-17-2)15-12-6-5-9(14)7-11(12)13(16)18-3/h5-7,10,15H,4,8H2,1-3H3. The average Bonchev–Trinajstić information content (AvgIpc) is 2.39. The highest BCUT2D eigenvalue weighted by atomic mass is 19.1. The SMILES string of the molecule is CCC(COC)Nc1ccc(F)cc1C(=O)OC. The molecule has 0 aliphatic carbocycles. The smallest absolute Gasteiger partial charge is 0.340 e. The minimum Gasteiger partial charge on any atom is -0.465 e. The van der Waals surface area contributed by atoms with Crippen LogP contribution in [0.3, 0.4) is 0 Å². The molecule has 100 valence electrons. The van der Waals surface area contributed by atoms with Crippen LogP contribution in [0.15, 0.2) is 18.2 Å². The Morgan fingerprint density at radius 2 is 2.17 bits per heavy atom. The molecule has 0 aliphatic rings. The predicted octanol–water partition coefficient (Wildman–Crippen LogP) is 2.45. The molecule has 0 aliphatic heterocycles. The topological polar surface area (TPSA) is 47.6 Å². The molecule has 5 heteroatoms. The van der Waals surface area contributed by atoms with E-state index in [-0.39, 0.29) is 11.6 Å². The molecule has 4 nitrogen and oxygen atoms in total. The zero-order valence-corrected chi connectivity index (χ0v) is 10.8. The lowest BCUT2D eigenvalue weighted by Crippen LogP contribution is -2.25. The number of carbonyl (C=O) groups is 1. The fourth-order valence-corrected chi connectivity index (χ4v) is 1.60. The maximum atomic E-state index is 13.2. The van der Waals surface area contributed by atoms with Gasteiger partial charge in [0.05, 0.1) is 19.3 Å². The van der Waals surface area contributed by atoms with Crippen molar-refractivity contribution in [1.29, 1.82) is 0 Å². The van der Waals surface area contributed by atoms with Crippen molar-refractivity contribution in [2.24, 2.45) is 0 Å². The first-order valence-corrected chi connectivity index (χ1v) is 5.75. The Morgan fingerprint density at radius 1 is 1.44 bits per heavy atom. The van der Waals surface area contributed by atoms with Crippen LogP contribution in [0.4, 0.5) is 10.1 Å². The minimum absolute atomic E-state index is 0.0591. The minimum atomic E-state index is -0.565. The average molecular weight is 255 g/mol. The fraction of sp³-hybridized carbons (Fsp3) is 0.462. The monoisotopic (exact) mass is 255 g/mol. The van der Waals surface area contributed by atoms with E-state index in [1.165, 1.54) is 19.2 Å². The van der Waals surface area contributed by atoms with E-state index < -0.39 is 11.8 Å². The molecular formula is C13H18FNO3. The van der Waals surface area contributed by atoms with E-state index in [1.807, 2.05) is 6.92 Å². The van der Waals surface area contributed by atoms with Crippen molar-refractivity contribution in [2.75, 3.05) is 26.1 Å². The van der Waals surface area contributed by atoms with Crippen LogP contribution in [0.1, 0.15) is 23.7 Å². The van der Waals surface area contributed by atoms with E-state index >= 15 is 0 Å². The van der Waals surface area contributed by atoms with Crippen molar-refractivity contribution < 1.29 is 18.7 Å². The molecule has 0 fully saturated rings. The third kappa shape index (κ3) is 3.70. The van der Waals surface area contributed by atoms with Gasteiger partial charge in [-0.15, -0.1) is 0 Å². The summed E-state index contributed by atoms with van der Waals surface area (Å²) in [6.07, 6.45) is 0.825. The summed E-state index contributed by atoms with van der Waals surface area (Å²) in [6, 6.07) is 4.05. The zero-order chi connectivity index (χ0) is 13.5. The summed E-state index contributed by atoms with van der Waals surface area (Å²) in [7, 11) is 2.87. The Labute approximate surface area is 106 Å². The van der Waals surface area contributed by atoms with Gasteiger partial charge in [-0.3, -0.25) is 0 Å². The van der Waals surface area contributed by atoms with Gasteiger partial charge in [0.1, 0.15) is 5.82 Å². The second-order valence-corrected chi connectivity index (χ2v) is 3.89. The maximum Gasteiger partial charge on any atom is 0.340 e. The Balaban J connectivity index is 2.96. The second-order valence-electron chi connectivity index (χ2n) is 3.89. The number of hydrogen-bond donors (Lipinski definition) is 1.